The molecule has 2 N–H and O–H groups in total. The summed E-state index contributed by atoms with van der Waals surface area (Å²) in [6.07, 6.45) is -2.97. The number of H-pyrrole nitrogens is 2. The normalized spacial score (nSPS) is 9.90. The molecule has 0 aliphatic rings. The third-order valence-electron chi connectivity index (χ3n) is 3.42. The number of hydrogen-bond acceptors (Lipinski definition) is 4. The molecular formula is C19H21ClF3N7Pt. The molecule has 0 aromatic carbocycles. The number of pyridine rings is 1. The Kier molecular flexibility index (Phi) is 12.0. The van der Waals surface area contributed by atoms with E-state index in [-0.39, 0.29) is 39.2 Å². The van der Waals surface area contributed by atoms with E-state index in [9.17, 15) is 13.2 Å². The van der Waals surface area contributed by atoms with Crippen molar-refractivity contribution in [2.45, 2.75) is 33.9 Å². The van der Waals surface area contributed by atoms with Crippen LogP contribution in [0.4, 0.5) is 13.2 Å². The smallest absolute Gasteiger partial charge is 1.00 e. The van der Waals surface area contributed by atoms with Crippen molar-refractivity contribution in [1.29, 1.82) is 0 Å². The van der Waals surface area contributed by atoms with Gasteiger partial charge in [-0.3, -0.25) is 15.2 Å². The molecule has 0 fully saturated rings. The fraction of sp³-hybridized carbons (Fsp3) is 0.263. The van der Waals surface area contributed by atoms with Crippen molar-refractivity contribution < 1.29 is 46.6 Å². The molecule has 4 heterocycles. The molecular weight excluding hydrogens is 614 g/mol. The SMILES string of the molecule is Cc1cc(C)[nH]n1.Cc1cc(C)[nH]n1.FC(F)(F)c1cc(-c2ccccn2)n[n-]1.[Cl-].[Pt+2]. The van der Waals surface area contributed by atoms with Gasteiger partial charge < -0.3 is 22.6 Å². The quantitative estimate of drug-likeness (QED) is 0.328. The van der Waals surface area contributed by atoms with Crippen LogP contribution in [0.15, 0.2) is 42.6 Å². The molecule has 170 valence electrons. The van der Waals surface area contributed by atoms with Crippen molar-refractivity contribution in [2.75, 3.05) is 0 Å². The van der Waals surface area contributed by atoms with E-state index in [2.05, 4.69) is 35.6 Å². The van der Waals surface area contributed by atoms with Gasteiger partial charge in [0.1, 0.15) is 0 Å². The summed E-state index contributed by atoms with van der Waals surface area (Å²) in [7, 11) is 0. The second-order valence-corrected chi connectivity index (χ2v) is 6.21. The Hall–Kier alpha value is -2.45. The van der Waals surface area contributed by atoms with Gasteiger partial charge in [0.2, 0.25) is 0 Å². The summed E-state index contributed by atoms with van der Waals surface area (Å²) < 4.78 is 36.6. The number of nitrogens with one attached hydrogen (secondary N) is 2. The van der Waals surface area contributed by atoms with Crippen molar-refractivity contribution in [3.05, 3.63) is 71.1 Å². The maximum Gasteiger partial charge on any atom is 2.00 e. The fourth-order valence-corrected chi connectivity index (χ4v) is 2.18. The van der Waals surface area contributed by atoms with Gasteiger partial charge in [-0.15, -0.1) is 0 Å². The Bertz CT molecular complexity index is 942. The second-order valence-electron chi connectivity index (χ2n) is 6.21. The predicted molar refractivity (Wildman–Crippen MR) is 102 cm³/mol. The van der Waals surface area contributed by atoms with Crippen LogP contribution in [0, 0.1) is 27.7 Å². The number of hydrogen-bond donors (Lipinski definition) is 2. The monoisotopic (exact) mass is 634 g/mol. The third-order valence-corrected chi connectivity index (χ3v) is 3.42. The number of aryl methyl sites for hydroxylation is 4. The Morgan fingerprint density at radius 3 is 1.68 bits per heavy atom. The average Bonchev–Trinajstić information content (AvgIpc) is 3.38. The zero-order valence-corrected chi connectivity index (χ0v) is 20.1. The van der Waals surface area contributed by atoms with Crippen molar-refractivity contribution in [3.63, 3.8) is 0 Å². The Labute approximate surface area is 198 Å². The van der Waals surface area contributed by atoms with E-state index in [1.54, 1.807) is 18.2 Å². The average molecular weight is 635 g/mol. The zero-order valence-electron chi connectivity index (χ0n) is 17.1. The second kappa shape index (κ2) is 13.1. The molecule has 0 aliphatic carbocycles. The number of aromatic amines is 2. The van der Waals surface area contributed by atoms with E-state index in [0.717, 1.165) is 28.8 Å². The van der Waals surface area contributed by atoms with Crippen molar-refractivity contribution in [3.8, 4) is 11.4 Å². The van der Waals surface area contributed by atoms with Crippen LogP contribution in [0.2, 0.25) is 0 Å². The number of rotatable bonds is 1. The number of aromatic nitrogens is 7. The first kappa shape index (κ1) is 28.5. The first-order valence-corrected chi connectivity index (χ1v) is 8.61. The molecule has 0 aliphatic heterocycles. The van der Waals surface area contributed by atoms with Crippen LogP contribution in [-0.4, -0.2) is 30.5 Å². The van der Waals surface area contributed by atoms with Crippen LogP contribution in [0.1, 0.15) is 28.5 Å². The van der Waals surface area contributed by atoms with Crippen LogP contribution in [0.3, 0.4) is 0 Å². The molecule has 4 aromatic rings. The molecule has 0 unspecified atom stereocenters. The number of alkyl halides is 3. The first-order chi connectivity index (χ1) is 13.6. The molecule has 12 heteroatoms. The van der Waals surface area contributed by atoms with E-state index >= 15 is 0 Å². The van der Waals surface area contributed by atoms with Gasteiger partial charge in [0.25, 0.3) is 0 Å². The van der Waals surface area contributed by atoms with Gasteiger partial charge in [-0.25, -0.2) is 0 Å². The minimum absolute atomic E-state index is 0. The summed E-state index contributed by atoms with van der Waals surface area (Å²) in [4.78, 5) is 3.87. The molecule has 31 heavy (non-hydrogen) atoms. The van der Waals surface area contributed by atoms with E-state index in [4.69, 9.17) is 0 Å². The maximum absolute atomic E-state index is 12.2. The van der Waals surface area contributed by atoms with Crippen LogP contribution in [0.25, 0.3) is 11.4 Å². The molecule has 0 saturated carbocycles. The van der Waals surface area contributed by atoms with Gasteiger partial charge in [-0.1, -0.05) is 6.07 Å². The summed E-state index contributed by atoms with van der Waals surface area (Å²) in [6.45, 7) is 7.90. The van der Waals surface area contributed by atoms with Crippen molar-refractivity contribution in [2.24, 2.45) is 0 Å². The Morgan fingerprint density at radius 2 is 1.39 bits per heavy atom. The van der Waals surface area contributed by atoms with E-state index in [1.807, 2.05) is 39.8 Å². The first-order valence-electron chi connectivity index (χ1n) is 8.61. The Balaban J connectivity index is 0.000000475. The van der Waals surface area contributed by atoms with Gasteiger partial charge >= 0.3 is 27.2 Å². The van der Waals surface area contributed by atoms with E-state index in [0.29, 0.717) is 5.69 Å². The van der Waals surface area contributed by atoms with Crippen molar-refractivity contribution >= 4 is 0 Å². The van der Waals surface area contributed by atoms with Gasteiger partial charge in [-0.05, 0) is 63.7 Å². The van der Waals surface area contributed by atoms with E-state index < -0.39 is 11.9 Å². The number of nitrogens with zero attached hydrogens (tertiary/aromatic N) is 5. The molecule has 4 aromatic heterocycles. The van der Waals surface area contributed by atoms with E-state index in [1.165, 1.54) is 6.20 Å². The molecule has 0 atom stereocenters. The predicted octanol–water partition coefficient (Wildman–Crippen LogP) is 1.17. The van der Waals surface area contributed by atoms with Gasteiger partial charge in [0.15, 0.2) is 0 Å². The van der Waals surface area contributed by atoms with Gasteiger partial charge in [-0.2, -0.15) is 23.4 Å². The topological polar surface area (TPSA) is 97.2 Å². The summed E-state index contributed by atoms with van der Waals surface area (Å²) in [5.41, 5.74) is 3.86. The minimum Gasteiger partial charge on any atom is -1.00 e. The van der Waals surface area contributed by atoms with Crippen LogP contribution in [0.5, 0.6) is 0 Å². The molecule has 7 nitrogen and oxygen atoms in total. The zero-order chi connectivity index (χ0) is 21.4. The van der Waals surface area contributed by atoms with Crippen LogP contribution in [-0.2, 0) is 27.2 Å². The molecule has 0 amide bonds. The molecule has 0 saturated heterocycles. The summed E-state index contributed by atoms with van der Waals surface area (Å²) >= 11 is 0. The molecule has 0 bridgehead atoms. The van der Waals surface area contributed by atoms with Gasteiger partial charge in [0.05, 0.1) is 22.8 Å². The molecule has 0 spiro atoms. The maximum atomic E-state index is 12.2. The van der Waals surface area contributed by atoms with Crippen LogP contribution < -0.4 is 17.5 Å². The Morgan fingerprint density at radius 1 is 0.839 bits per heavy atom. The summed E-state index contributed by atoms with van der Waals surface area (Å²) in [5.74, 6) is 0. The molecule has 4 rings (SSSR count). The summed E-state index contributed by atoms with van der Waals surface area (Å²) in [5, 5.41) is 19.9. The minimum atomic E-state index is -4.46. The largest absolute Gasteiger partial charge is 2.00 e. The van der Waals surface area contributed by atoms with Crippen molar-refractivity contribution in [1.82, 2.24) is 35.6 Å². The van der Waals surface area contributed by atoms with Crippen LogP contribution >= 0.6 is 0 Å². The fourth-order valence-electron chi connectivity index (χ4n) is 2.18. The third kappa shape index (κ3) is 9.93. The standard InChI is InChI=1S/C9H5F3N3.2C5H8N2.ClH.Pt/c10-9(11,12)8-5-7(14-15-8)6-3-1-2-4-13-6;2*1-4-3-5(2)7-6-4;;/h1-5H;2*3H,1-2H3,(H,6,7);1H;/q-1;;;;+2/p-1. The summed E-state index contributed by atoms with van der Waals surface area (Å²) in [6, 6.07) is 9.79. The number of halogens is 4. The van der Waals surface area contributed by atoms with Gasteiger partial charge in [0, 0.05) is 17.6 Å². The molecule has 0 radical (unpaired) electrons.